The summed E-state index contributed by atoms with van der Waals surface area (Å²) in [4.78, 5) is 43.0. The highest BCUT2D eigenvalue weighted by Crippen LogP contribution is 2.37. The molecule has 9 heteroatoms. The number of carbonyl (C=O) groups is 3. The zero-order valence-electron chi connectivity index (χ0n) is 16.6. The Labute approximate surface area is 164 Å². The molecule has 28 heavy (non-hydrogen) atoms. The highest BCUT2D eigenvalue weighted by atomic mass is 16.3. The maximum atomic E-state index is 13.1. The van der Waals surface area contributed by atoms with Crippen LogP contribution in [0.2, 0.25) is 0 Å². The third kappa shape index (κ3) is 3.76. The van der Waals surface area contributed by atoms with Gasteiger partial charge in [-0.2, -0.15) is 5.10 Å². The van der Waals surface area contributed by atoms with Gasteiger partial charge in [-0.05, 0) is 24.8 Å². The van der Waals surface area contributed by atoms with Crippen LogP contribution < -0.4 is 0 Å². The molecule has 4 amide bonds. The number of carbonyl (C=O) groups excluding carboxylic acids is 3. The molecule has 2 aliphatic rings. The maximum Gasteiger partial charge on any atom is 0.327 e. The molecule has 0 aliphatic carbocycles. The minimum atomic E-state index is -0.894. The van der Waals surface area contributed by atoms with E-state index in [0.29, 0.717) is 45.4 Å². The average molecular weight is 391 g/mol. The van der Waals surface area contributed by atoms with Crippen molar-refractivity contribution in [1.29, 1.82) is 0 Å². The van der Waals surface area contributed by atoms with Crippen LogP contribution in [-0.2, 0) is 16.1 Å². The molecule has 0 bridgehead atoms. The fraction of sp³-hybridized carbons (Fsp3) is 0.684. The van der Waals surface area contributed by atoms with Crippen LogP contribution in [-0.4, -0.2) is 85.8 Å². The summed E-state index contributed by atoms with van der Waals surface area (Å²) < 4.78 is 1.72. The van der Waals surface area contributed by atoms with E-state index < -0.39 is 5.54 Å². The number of urea groups is 1. The Morgan fingerprint density at radius 3 is 2.54 bits per heavy atom. The van der Waals surface area contributed by atoms with Crippen molar-refractivity contribution in [3.63, 3.8) is 0 Å². The molecule has 2 saturated heterocycles. The zero-order chi connectivity index (χ0) is 20.3. The number of aromatic nitrogens is 2. The van der Waals surface area contributed by atoms with Crippen molar-refractivity contribution in [3.8, 4) is 0 Å². The molecular formula is C19H29N5O4. The van der Waals surface area contributed by atoms with E-state index in [1.807, 2.05) is 26.1 Å². The third-order valence-electron chi connectivity index (χ3n) is 5.55. The summed E-state index contributed by atoms with van der Waals surface area (Å²) in [5.41, 5.74) is -0.894. The van der Waals surface area contributed by atoms with E-state index in [1.165, 1.54) is 0 Å². The van der Waals surface area contributed by atoms with E-state index in [1.54, 1.807) is 20.7 Å². The first kappa shape index (κ1) is 20.3. The van der Waals surface area contributed by atoms with Gasteiger partial charge in [0.05, 0.1) is 13.2 Å². The van der Waals surface area contributed by atoms with Gasteiger partial charge >= 0.3 is 6.03 Å². The van der Waals surface area contributed by atoms with Crippen molar-refractivity contribution < 1.29 is 19.5 Å². The molecule has 3 heterocycles. The van der Waals surface area contributed by atoms with Crippen molar-refractivity contribution in [2.24, 2.45) is 5.92 Å². The van der Waals surface area contributed by atoms with Crippen LogP contribution in [0.5, 0.6) is 0 Å². The molecule has 0 atom stereocenters. The van der Waals surface area contributed by atoms with Gasteiger partial charge in [0.15, 0.2) is 0 Å². The lowest BCUT2D eigenvalue weighted by molar-refractivity contribution is -0.141. The van der Waals surface area contributed by atoms with Gasteiger partial charge in [0.1, 0.15) is 5.54 Å². The van der Waals surface area contributed by atoms with Crippen LogP contribution in [0.1, 0.15) is 33.1 Å². The van der Waals surface area contributed by atoms with Crippen molar-refractivity contribution in [2.75, 3.05) is 32.8 Å². The number of aryl methyl sites for hydroxylation is 1. The number of rotatable bonds is 7. The standard InChI is InChI=1S/C19H29N5O4/c1-15(2)14-24-18(28)23(12-13-25)17(27)19(24)5-10-21(11-6-19)16(26)4-9-22-8-3-7-20-22/h3,7-8,15,25H,4-6,9-14H2,1-2H3. The lowest BCUT2D eigenvalue weighted by Gasteiger charge is -2.42. The zero-order valence-corrected chi connectivity index (χ0v) is 16.6. The maximum absolute atomic E-state index is 13.1. The van der Waals surface area contributed by atoms with Gasteiger partial charge in [-0.3, -0.25) is 19.2 Å². The molecule has 9 nitrogen and oxygen atoms in total. The van der Waals surface area contributed by atoms with E-state index >= 15 is 0 Å². The second-order valence-corrected chi connectivity index (χ2v) is 7.90. The Kier molecular flexibility index (Phi) is 6.02. The summed E-state index contributed by atoms with van der Waals surface area (Å²) in [6.07, 6.45) is 4.72. The van der Waals surface area contributed by atoms with Gasteiger partial charge in [0, 0.05) is 45.0 Å². The summed E-state index contributed by atoms with van der Waals surface area (Å²) in [7, 11) is 0. The minimum Gasteiger partial charge on any atom is -0.395 e. The van der Waals surface area contributed by atoms with Gasteiger partial charge in [-0.15, -0.1) is 0 Å². The normalized spacial score (nSPS) is 19.4. The highest BCUT2D eigenvalue weighted by molar-refractivity contribution is 6.07. The van der Waals surface area contributed by atoms with E-state index in [4.69, 9.17) is 0 Å². The molecule has 0 aromatic carbocycles. The molecule has 1 spiro atoms. The average Bonchev–Trinajstić information content (AvgIpc) is 3.26. The molecule has 2 fully saturated rings. The largest absolute Gasteiger partial charge is 0.395 e. The van der Waals surface area contributed by atoms with Gasteiger partial charge in [-0.25, -0.2) is 4.79 Å². The number of hydrogen-bond donors (Lipinski definition) is 1. The molecule has 154 valence electrons. The summed E-state index contributed by atoms with van der Waals surface area (Å²) in [5.74, 6) is 0.0111. The first-order valence-electron chi connectivity index (χ1n) is 9.88. The number of β-amino-alcohol motifs (C(OH)–C–C–N with tert-alkyl or cyclic N) is 1. The molecule has 0 unspecified atom stereocenters. The molecule has 0 radical (unpaired) electrons. The van der Waals surface area contributed by atoms with Crippen molar-refractivity contribution >= 4 is 17.8 Å². The first-order chi connectivity index (χ1) is 13.4. The smallest absolute Gasteiger partial charge is 0.327 e. The number of nitrogens with zero attached hydrogens (tertiary/aromatic N) is 5. The van der Waals surface area contributed by atoms with Crippen LogP contribution in [0.25, 0.3) is 0 Å². The van der Waals surface area contributed by atoms with E-state index in [9.17, 15) is 19.5 Å². The summed E-state index contributed by atoms with van der Waals surface area (Å²) in [5, 5.41) is 13.3. The second kappa shape index (κ2) is 8.30. The monoisotopic (exact) mass is 391 g/mol. The van der Waals surface area contributed by atoms with Gasteiger partial charge in [-0.1, -0.05) is 13.8 Å². The molecule has 0 saturated carbocycles. The number of aliphatic hydroxyl groups excluding tert-OH is 1. The highest BCUT2D eigenvalue weighted by Gasteiger charge is 2.57. The second-order valence-electron chi connectivity index (χ2n) is 7.90. The summed E-state index contributed by atoms with van der Waals surface area (Å²) in [6.45, 7) is 5.68. The third-order valence-corrected chi connectivity index (χ3v) is 5.55. The van der Waals surface area contributed by atoms with Crippen LogP contribution in [0.3, 0.4) is 0 Å². The fourth-order valence-corrected chi connectivity index (χ4v) is 4.11. The Balaban J connectivity index is 1.67. The van der Waals surface area contributed by atoms with E-state index in [2.05, 4.69) is 5.10 Å². The summed E-state index contributed by atoms with van der Waals surface area (Å²) in [6, 6.07) is 1.49. The van der Waals surface area contributed by atoms with E-state index in [-0.39, 0.29) is 36.9 Å². The lowest BCUT2D eigenvalue weighted by atomic mass is 9.85. The molecule has 2 aliphatic heterocycles. The van der Waals surface area contributed by atoms with Gasteiger partial charge in [0.2, 0.25) is 5.91 Å². The van der Waals surface area contributed by atoms with Crippen LogP contribution in [0.4, 0.5) is 4.79 Å². The summed E-state index contributed by atoms with van der Waals surface area (Å²) >= 11 is 0. The Morgan fingerprint density at radius 2 is 1.96 bits per heavy atom. The predicted octanol–water partition coefficient (Wildman–Crippen LogP) is 0.547. The number of hydrogen-bond acceptors (Lipinski definition) is 5. The SMILES string of the molecule is CC(C)CN1C(=O)N(CCO)C(=O)C12CCN(C(=O)CCn1cccn1)CC2. The number of piperidine rings is 1. The van der Waals surface area contributed by atoms with Crippen LogP contribution in [0.15, 0.2) is 18.5 Å². The number of imide groups is 1. The number of likely N-dealkylation sites (tertiary alicyclic amines) is 1. The van der Waals surface area contributed by atoms with Gasteiger partial charge < -0.3 is 14.9 Å². The van der Waals surface area contributed by atoms with Crippen LogP contribution >= 0.6 is 0 Å². The first-order valence-corrected chi connectivity index (χ1v) is 9.88. The quantitative estimate of drug-likeness (QED) is 0.684. The number of amides is 4. The fourth-order valence-electron chi connectivity index (χ4n) is 4.11. The number of aliphatic hydroxyl groups is 1. The molecular weight excluding hydrogens is 362 g/mol. The van der Waals surface area contributed by atoms with Crippen LogP contribution in [0, 0.1) is 5.92 Å². The Hall–Kier alpha value is -2.42. The molecule has 1 aromatic rings. The minimum absolute atomic E-state index is 0.0144. The van der Waals surface area contributed by atoms with Crippen molar-refractivity contribution in [1.82, 2.24) is 24.5 Å². The van der Waals surface area contributed by atoms with Crippen molar-refractivity contribution in [2.45, 2.75) is 45.2 Å². The predicted molar refractivity (Wildman–Crippen MR) is 101 cm³/mol. The molecule has 3 rings (SSSR count). The lowest BCUT2D eigenvalue weighted by Crippen LogP contribution is -2.58. The van der Waals surface area contributed by atoms with E-state index in [0.717, 1.165) is 4.90 Å². The Morgan fingerprint density at radius 1 is 1.25 bits per heavy atom. The molecule has 1 aromatic heterocycles. The Bertz CT molecular complexity index is 710. The molecule has 1 N–H and O–H groups in total. The van der Waals surface area contributed by atoms with Crippen molar-refractivity contribution in [3.05, 3.63) is 18.5 Å². The van der Waals surface area contributed by atoms with Gasteiger partial charge in [0.25, 0.3) is 5.91 Å². The topological polar surface area (TPSA) is 99.0 Å².